The average molecular weight is 318 g/mol. The third kappa shape index (κ3) is 2.95. The number of ether oxygens (including phenoxy) is 1. The smallest absolute Gasteiger partial charge is 0.257 e. The third-order valence-electron chi connectivity index (χ3n) is 3.73. The van der Waals surface area contributed by atoms with Gasteiger partial charge in [0.15, 0.2) is 0 Å². The highest BCUT2D eigenvalue weighted by Crippen LogP contribution is 2.39. The van der Waals surface area contributed by atoms with Crippen LogP contribution in [0.5, 0.6) is 5.75 Å². The van der Waals surface area contributed by atoms with Crippen molar-refractivity contribution in [2.24, 2.45) is 0 Å². The Hall–Kier alpha value is -2.01. The van der Waals surface area contributed by atoms with Crippen LogP contribution in [-0.2, 0) is 0 Å². The Morgan fingerprint density at radius 2 is 1.95 bits per heavy atom. The lowest BCUT2D eigenvalue weighted by atomic mass is 10.00. The SMILES string of the molecule is CCN(CC)C(=O)c1c(-c2cc(C)ccc2OC)csc1N. The Morgan fingerprint density at radius 1 is 1.27 bits per heavy atom. The monoisotopic (exact) mass is 318 g/mol. The molecule has 0 saturated carbocycles. The van der Waals surface area contributed by atoms with Crippen LogP contribution < -0.4 is 10.5 Å². The molecular weight excluding hydrogens is 296 g/mol. The third-order valence-corrected chi connectivity index (χ3v) is 4.54. The van der Waals surface area contributed by atoms with E-state index in [0.717, 1.165) is 22.4 Å². The molecule has 0 aliphatic carbocycles. The number of nitrogens with zero attached hydrogens (tertiary/aromatic N) is 1. The van der Waals surface area contributed by atoms with Crippen molar-refractivity contribution in [3.05, 3.63) is 34.7 Å². The fourth-order valence-electron chi connectivity index (χ4n) is 2.49. The van der Waals surface area contributed by atoms with Crippen molar-refractivity contribution in [3.63, 3.8) is 0 Å². The van der Waals surface area contributed by atoms with Gasteiger partial charge in [-0.25, -0.2) is 0 Å². The topological polar surface area (TPSA) is 55.6 Å². The van der Waals surface area contributed by atoms with Gasteiger partial charge in [0.25, 0.3) is 5.91 Å². The Kier molecular flexibility index (Phi) is 5.08. The van der Waals surface area contributed by atoms with Gasteiger partial charge in [0.1, 0.15) is 5.75 Å². The van der Waals surface area contributed by atoms with Gasteiger partial charge in [0.05, 0.1) is 17.7 Å². The van der Waals surface area contributed by atoms with Gasteiger partial charge in [-0.3, -0.25) is 4.79 Å². The molecule has 0 spiro atoms. The summed E-state index contributed by atoms with van der Waals surface area (Å²) in [6, 6.07) is 5.94. The number of methoxy groups -OCH3 is 1. The molecule has 2 N–H and O–H groups in total. The molecule has 1 amide bonds. The number of carbonyl (C=O) groups is 1. The predicted molar refractivity (Wildman–Crippen MR) is 92.7 cm³/mol. The van der Waals surface area contributed by atoms with Crippen LogP contribution in [-0.4, -0.2) is 31.0 Å². The van der Waals surface area contributed by atoms with Gasteiger partial charge in [-0.15, -0.1) is 11.3 Å². The van der Waals surface area contributed by atoms with Crippen LogP contribution in [0.4, 0.5) is 5.00 Å². The lowest BCUT2D eigenvalue weighted by Crippen LogP contribution is -2.31. The van der Waals surface area contributed by atoms with E-state index in [0.29, 0.717) is 23.7 Å². The maximum absolute atomic E-state index is 12.8. The molecule has 118 valence electrons. The van der Waals surface area contributed by atoms with E-state index in [-0.39, 0.29) is 5.91 Å². The number of nitrogens with two attached hydrogens (primary N) is 1. The summed E-state index contributed by atoms with van der Waals surface area (Å²) in [4.78, 5) is 14.6. The highest BCUT2D eigenvalue weighted by Gasteiger charge is 2.23. The first-order valence-corrected chi connectivity index (χ1v) is 8.22. The standard InChI is InChI=1S/C17H22N2O2S/c1-5-19(6-2)17(20)15-13(10-22-16(15)18)12-9-11(3)7-8-14(12)21-4/h7-10H,5-6,18H2,1-4H3. The average Bonchev–Trinajstić information content (AvgIpc) is 2.89. The number of rotatable bonds is 5. The molecular formula is C17H22N2O2S. The second-order valence-electron chi connectivity index (χ2n) is 5.07. The Morgan fingerprint density at radius 3 is 2.55 bits per heavy atom. The minimum Gasteiger partial charge on any atom is -0.496 e. The van der Waals surface area contributed by atoms with Gasteiger partial charge in [-0.05, 0) is 32.9 Å². The van der Waals surface area contributed by atoms with Crippen molar-refractivity contribution in [2.75, 3.05) is 25.9 Å². The number of amides is 1. The number of aryl methyl sites for hydroxylation is 1. The van der Waals surface area contributed by atoms with Crippen molar-refractivity contribution >= 4 is 22.2 Å². The van der Waals surface area contributed by atoms with Crippen LogP contribution in [0.1, 0.15) is 29.8 Å². The number of nitrogen functional groups attached to an aromatic ring is 1. The first kappa shape index (κ1) is 16.4. The summed E-state index contributed by atoms with van der Waals surface area (Å²) in [5.41, 5.74) is 9.54. The molecule has 1 aromatic heterocycles. The van der Waals surface area contributed by atoms with E-state index in [2.05, 4.69) is 0 Å². The van der Waals surface area contributed by atoms with Crippen LogP contribution >= 0.6 is 11.3 Å². The van der Waals surface area contributed by atoms with Gasteiger partial charge < -0.3 is 15.4 Å². The van der Waals surface area contributed by atoms with Crippen LogP contribution in [0.2, 0.25) is 0 Å². The molecule has 2 aromatic rings. The normalized spacial score (nSPS) is 10.5. The summed E-state index contributed by atoms with van der Waals surface area (Å²) in [5.74, 6) is 0.722. The highest BCUT2D eigenvalue weighted by molar-refractivity contribution is 7.15. The van der Waals surface area contributed by atoms with E-state index in [1.165, 1.54) is 11.3 Å². The summed E-state index contributed by atoms with van der Waals surface area (Å²) in [7, 11) is 1.63. The molecule has 0 atom stereocenters. The molecule has 0 aliphatic heterocycles. The zero-order valence-electron chi connectivity index (χ0n) is 13.5. The first-order chi connectivity index (χ1) is 10.5. The zero-order chi connectivity index (χ0) is 16.3. The van der Waals surface area contributed by atoms with Crippen molar-refractivity contribution in [2.45, 2.75) is 20.8 Å². The van der Waals surface area contributed by atoms with Crippen LogP contribution in [0.3, 0.4) is 0 Å². The quantitative estimate of drug-likeness (QED) is 0.912. The molecule has 0 bridgehead atoms. The van der Waals surface area contributed by atoms with E-state index in [1.807, 2.05) is 44.4 Å². The highest BCUT2D eigenvalue weighted by atomic mass is 32.1. The molecule has 0 saturated heterocycles. The second kappa shape index (κ2) is 6.83. The van der Waals surface area contributed by atoms with Gasteiger partial charge >= 0.3 is 0 Å². The van der Waals surface area contributed by atoms with Crippen molar-refractivity contribution < 1.29 is 9.53 Å². The van der Waals surface area contributed by atoms with E-state index in [1.54, 1.807) is 12.0 Å². The van der Waals surface area contributed by atoms with Gasteiger partial charge in [-0.1, -0.05) is 11.6 Å². The number of carbonyl (C=O) groups excluding carboxylic acids is 1. The molecule has 0 aliphatic rings. The maximum Gasteiger partial charge on any atom is 0.257 e. The molecule has 1 heterocycles. The Balaban J connectivity index is 2.59. The largest absolute Gasteiger partial charge is 0.496 e. The number of hydrogen-bond acceptors (Lipinski definition) is 4. The van der Waals surface area contributed by atoms with Gasteiger partial charge in [0.2, 0.25) is 0 Å². The Labute approximate surface area is 135 Å². The second-order valence-corrected chi connectivity index (χ2v) is 5.98. The fraction of sp³-hybridized carbons (Fsp3) is 0.353. The minimum atomic E-state index is -0.0256. The molecule has 0 radical (unpaired) electrons. The molecule has 5 heteroatoms. The summed E-state index contributed by atoms with van der Waals surface area (Å²) in [6.45, 7) is 7.28. The van der Waals surface area contributed by atoms with E-state index in [4.69, 9.17) is 10.5 Å². The van der Waals surface area contributed by atoms with Crippen LogP contribution in [0.15, 0.2) is 23.6 Å². The maximum atomic E-state index is 12.8. The van der Waals surface area contributed by atoms with E-state index < -0.39 is 0 Å². The predicted octanol–water partition coefficient (Wildman–Crippen LogP) is 3.80. The number of hydrogen-bond donors (Lipinski definition) is 1. The molecule has 22 heavy (non-hydrogen) atoms. The number of thiophene rings is 1. The first-order valence-electron chi connectivity index (χ1n) is 7.34. The van der Waals surface area contributed by atoms with Crippen LogP contribution in [0.25, 0.3) is 11.1 Å². The molecule has 2 rings (SSSR count). The molecule has 1 aromatic carbocycles. The minimum absolute atomic E-state index is 0.0256. The van der Waals surface area contributed by atoms with Crippen LogP contribution in [0, 0.1) is 6.92 Å². The van der Waals surface area contributed by atoms with Crippen molar-refractivity contribution in [1.82, 2.24) is 4.90 Å². The lowest BCUT2D eigenvalue weighted by molar-refractivity contribution is 0.0775. The molecule has 0 fully saturated rings. The van der Waals surface area contributed by atoms with Crippen molar-refractivity contribution in [1.29, 1.82) is 0 Å². The van der Waals surface area contributed by atoms with Gasteiger partial charge in [0, 0.05) is 29.6 Å². The summed E-state index contributed by atoms with van der Waals surface area (Å²) < 4.78 is 5.45. The van der Waals surface area contributed by atoms with E-state index in [9.17, 15) is 4.79 Å². The van der Waals surface area contributed by atoms with E-state index >= 15 is 0 Å². The number of anilines is 1. The summed E-state index contributed by atoms with van der Waals surface area (Å²) in [5, 5.41) is 2.49. The number of benzene rings is 1. The molecule has 0 unspecified atom stereocenters. The van der Waals surface area contributed by atoms with Crippen molar-refractivity contribution in [3.8, 4) is 16.9 Å². The summed E-state index contributed by atoms with van der Waals surface area (Å²) in [6.07, 6.45) is 0. The fourth-order valence-corrected chi connectivity index (χ4v) is 3.30. The van der Waals surface area contributed by atoms with Gasteiger partial charge in [-0.2, -0.15) is 0 Å². The zero-order valence-corrected chi connectivity index (χ0v) is 14.3. The Bertz CT molecular complexity index is 675. The summed E-state index contributed by atoms with van der Waals surface area (Å²) >= 11 is 1.39. The lowest BCUT2D eigenvalue weighted by Gasteiger charge is -2.20. The molecule has 4 nitrogen and oxygen atoms in total.